The fraction of sp³-hybridized carbons (Fsp3) is 0.500. The van der Waals surface area contributed by atoms with E-state index in [1.807, 2.05) is 18.2 Å². The average Bonchev–Trinajstić information content (AvgIpc) is 2.91. The second kappa shape index (κ2) is 6.76. The van der Waals surface area contributed by atoms with Crippen molar-refractivity contribution in [2.45, 2.75) is 19.3 Å². The van der Waals surface area contributed by atoms with E-state index in [-0.39, 0.29) is 11.8 Å². The van der Waals surface area contributed by atoms with Gasteiger partial charge in [0, 0.05) is 18.2 Å². The maximum atomic E-state index is 11.9. The van der Waals surface area contributed by atoms with Gasteiger partial charge in [0.05, 0.1) is 12.5 Å². The number of hydrogen-bond donors (Lipinski definition) is 1. The molecule has 0 aliphatic carbocycles. The topological polar surface area (TPSA) is 38.3 Å². The second-order valence-electron chi connectivity index (χ2n) is 4.54. The number of amides is 1. The molecule has 0 radical (unpaired) electrons. The van der Waals surface area contributed by atoms with Gasteiger partial charge in [0.2, 0.25) is 5.91 Å². The SMILES string of the molecule is O=C(Nc1cccc(CCCCl)c1)C1CCOC1. The number of carbonyl (C=O) groups excluding carboxylic acids is 1. The van der Waals surface area contributed by atoms with Crippen molar-refractivity contribution < 1.29 is 9.53 Å². The largest absolute Gasteiger partial charge is 0.381 e. The Morgan fingerprint density at radius 3 is 3.11 bits per heavy atom. The summed E-state index contributed by atoms with van der Waals surface area (Å²) in [6.07, 6.45) is 2.72. The fourth-order valence-corrected chi connectivity index (χ4v) is 2.19. The van der Waals surface area contributed by atoms with Crippen molar-refractivity contribution in [3.05, 3.63) is 29.8 Å². The Balaban J connectivity index is 1.93. The van der Waals surface area contributed by atoms with Crippen molar-refractivity contribution in [2.75, 3.05) is 24.4 Å². The van der Waals surface area contributed by atoms with Crippen LogP contribution < -0.4 is 5.32 Å². The molecular formula is C14H18ClNO2. The van der Waals surface area contributed by atoms with Crippen LogP contribution >= 0.6 is 11.6 Å². The zero-order valence-corrected chi connectivity index (χ0v) is 11.1. The molecule has 0 aromatic heterocycles. The molecule has 1 heterocycles. The van der Waals surface area contributed by atoms with Crippen LogP contribution in [0.1, 0.15) is 18.4 Å². The van der Waals surface area contributed by atoms with Gasteiger partial charge >= 0.3 is 0 Å². The maximum absolute atomic E-state index is 11.9. The third-order valence-corrected chi connectivity index (χ3v) is 3.36. The lowest BCUT2D eigenvalue weighted by Crippen LogP contribution is -2.22. The van der Waals surface area contributed by atoms with E-state index in [9.17, 15) is 4.79 Å². The zero-order valence-electron chi connectivity index (χ0n) is 10.3. The van der Waals surface area contributed by atoms with Crippen molar-refractivity contribution in [1.82, 2.24) is 0 Å². The van der Waals surface area contributed by atoms with Gasteiger partial charge in [-0.1, -0.05) is 12.1 Å². The molecule has 1 atom stereocenters. The van der Waals surface area contributed by atoms with Crippen LogP contribution in [-0.4, -0.2) is 25.0 Å². The highest BCUT2D eigenvalue weighted by molar-refractivity contribution is 6.17. The summed E-state index contributed by atoms with van der Waals surface area (Å²) in [7, 11) is 0. The molecule has 0 saturated carbocycles. The number of rotatable bonds is 5. The van der Waals surface area contributed by atoms with E-state index in [1.165, 1.54) is 5.56 Å². The van der Waals surface area contributed by atoms with E-state index < -0.39 is 0 Å². The Labute approximate surface area is 112 Å². The van der Waals surface area contributed by atoms with Crippen molar-refractivity contribution in [1.29, 1.82) is 0 Å². The summed E-state index contributed by atoms with van der Waals surface area (Å²) in [5, 5.41) is 2.95. The first-order valence-corrected chi connectivity index (χ1v) is 6.86. The van der Waals surface area contributed by atoms with Crippen LogP contribution in [0.5, 0.6) is 0 Å². The molecule has 1 N–H and O–H groups in total. The van der Waals surface area contributed by atoms with Crippen molar-refractivity contribution >= 4 is 23.2 Å². The molecular weight excluding hydrogens is 250 g/mol. The standard InChI is InChI=1S/C14H18ClNO2/c15-7-2-4-11-3-1-5-13(9-11)16-14(17)12-6-8-18-10-12/h1,3,5,9,12H,2,4,6-8,10H2,(H,16,17). The molecule has 3 nitrogen and oxygen atoms in total. The number of aryl methyl sites for hydroxylation is 1. The van der Waals surface area contributed by atoms with Gasteiger partial charge in [-0.25, -0.2) is 0 Å². The quantitative estimate of drug-likeness (QED) is 0.833. The zero-order chi connectivity index (χ0) is 12.8. The molecule has 1 unspecified atom stereocenters. The Kier molecular flexibility index (Phi) is 5.02. The van der Waals surface area contributed by atoms with E-state index in [2.05, 4.69) is 11.4 Å². The first kappa shape index (κ1) is 13.4. The lowest BCUT2D eigenvalue weighted by molar-refractivity contribution is -0.119. The first-order chi connectivity index (χ1) is 8.79. The van der Waals surface area contributed by atoms with E-state index >= 15 is 0 Å². The monoisotopic (exact) mass is 267 g/mol. The molecule has 0 bridgehead atoms. The number of alkyl halides is 1. The van der Waals surface area contributed by atoms with Gasteiger partial charge in [-0.05, 0) is 37.0 Å². The smallest absolute Gasteiger partial charge is 0.229 e. The van der Waals surface area contributed by atoms with Gasteiger partial charge in [-0.2, -0.15) is 0 Å². The molecule has 1 aliphatic heterocycles. The summed E-state index contributed by atoms with van der Waals surface area (Å²) in [6.45, 7) is 1.23. The molecule has 1 saturated heterocycles. The van der Waals surface area contributed by atoms with Crippen LogP contribution in [0.2, 0.25) is 0 Å². The predicted octanol–water partition coefficient (Wildman–Crippen LogP) is 2.83. The van der Waals surface area contributed by atoms with Crippen LogP contribution in [-0.2, 0) is 16.0 Å². The van der Waals surface area contributed by atoms with Gasteiger partial charge < -0.3 is 10.1 Å². The van der Waals surface area contributed by atoms with Crippen LogP contribution in [0, 0.1) is 5.92 Å². The van der Waals surface area contributed by atoms with Crippen molar-refractivity contribution in [3.63, 3.8) is 0 Å². The molecule has 1 amide bonds. The minimum atomic E-state index is -0.00324. The Bertz CT molecular complexity index is 403. The van der Waals surface area contributed by atoms with Gasteiger partial charge in [0.25, 0.3) is 0 Å². The minimum absolute atomic E-state index is 0.00324. The maximum Gasteiger partial charge on any atom is 0.229 e. The number of hydrogen-bond acceptors (Lipinski definition) is 2. The summed E-state index contributed by atoms with van der Waals surface area (Å²) in [5.74, 6) is 0.717. The van der Waals surface area contributed by atoms with Gasteiger partial charge in [0.15, 0.2) is 0 Å². The molecule has 1 fully saturated rings. The van der Waals surface area contributed by atoms with E-state index in [1.54, 1.807) is 0 Å². The van der Waals surface area contributed by atoms with Crippen LogP contribution in [0.4, 0.5) is 5.69 Å². The summed E-state index contributed by atoms with van der Waals surface area (Å²) in [4.78, 5) is 11.9. The number of carbonyl (C=O) groups is 1. The highest BCUT2D eigenvalue weighted by Crippen LogP contribution is 2.17. The molecule has 2 rings (SSSR count). The Morgan fingerprint density at radius 1 is 1.50 bits per heavy atom. The molecule has 1 aromatic carbocycles. The van der Waals surface area contributed by atoms with Gasteiger partial charge in [-0.15, -0.1) is 11.6 Å². The molecule has 98 valence electrons. The number of anilines is 1. The number of benzene rings is 1. The normalized spacial score (nSPS) is 18.8. The fourth-order valence-electron chi connectivity index (χ4n) is 2.06. The number of halogens is 1. The van der Waals surface area contributed by atoms with Crippen LogP contribution in [0.25, 0.3) is 0 Å². The van der Waals surface area contributed by atoms with E-state index in [4.69, 9.17) is 16.3 Å². The molecule has 1 aliphatic rings. The number of ether oxygens (including phenoxy) is 1. The third kappa shape index (κ3) is 3.72. The summed E-state index contributed by atoms with van der Waals surface area (Å²) in [6, 6.07) is 7.95. The highest BCUT2D eigenvalue weighted by atomic mass is 35.5. The highest BCUT2D eigenvalue weighted by Gasteiger charge is 2.23. The minimum Gasteiger partial charge on any atom is -0.381 e. The Morgan fingerprint density at radius 2 is 2.39 bits per heavy atom. The average molecular weight is 268 g/mol. The lowest BCUT2D eigenvalue weighted by atomic mass is 10.1. The summed E-state index contributed by atoms with van der Waals surface area (Å²) >= 11 is 5.68. The molecule has 4 heteroatoms. The van der Waals surface area contributed by atoms with Crippen molar-refractivity contribution in [2.24, 2.45) is 5.92 Å². The van der Waals surface area contributed by atoms with Gasteiger partial charge in [0.1, 0.15) is 0 Å². The number of nitrogens with one attached hydrogen (secondary N) is 1. The van der Waals surface area contributed by atoms with E-state index in [0.717, 1.165) is 24.9 Å². The van der Waals surface area contributed by atoms with Crippen LogP contribution in [0.15, 0.2) is 24.3 Å². The molecule has 0 spiro atoms. The summed E-state index contributed by atoms with van der Waals surface area (Å²) in [5.41, 5.74) is 2.06. The van der Waals surface area contributed by atoms with Crippen molar-refractivity contribution in [3.8, 4) is 0 Å². The molecule has 18 heavy (non-hydrogen) atoms. The third-order valence-electron chi connectivity index (χ3n) is 3.09. The Hall–Kier alpha value is -1.06. The van der Waals surface area contributed by atoms with E-state index in [0.29, 0.717) is 19.1 Å². The van der Waals surface area contributed by atoms with Crippen LogP contribution in [0.3, 0.4) is 0 Å². The molecule has 1 aromatic rings. The lowest BCUT2D eigenvalue weighted by Gasteiger charge is -2.10. The van der Waals surface area contributed by atoms with Gasteiger partial charge in [-0.3, -0.25) is 4.79 Å². The summed E-state index contributed by atoms with van der Waals surface area (Å²) < 4.78 is 5.22. The first-order valence-electron chi connectivity index (χ1n) is 6.33. The predicted molar refractivity (Wildman–Crippen MR) is 73.0 cm³/mol. The second-order valence-corrected chi connectivity index (χ2v) is 4.92.